The topological polar surface area (TPSA) is 24.9 Å². The number of aromatic nitrogens is 1. The van der Waals surface area contributed by atoms with Crippen molar-refractivity contribution in [3.63, 3.8) is 0 Å². The Morgan fingerprint density at radius 2 is 2.15 bits per heavy atom. The molecule has 108 valence electrons. The lowest BCUT2D eigenvalue weighted by atomic mass is 10.0. The molecule has 0 fully saturated rings. The maximum absolute atomic E-state index is 6.08. The lowest BCUT2D eigenvalue weighted by Gasteiger charge is -2.21. The van der Waals surface area contributed by atoms with Gasteiger partial charge in [-0.15, -0.1) is 11.3 Å². The van der Waals surface area contributed by atoms with Crippen molar-refractivity contribution in [2.24, 2.45) is 0 Å². The number of hydrogen-bond acceptors (Lipinski definition) is 3. The number of rotatable bonds is 6. The molecule has 0 saturated carbocycles. The van der Waals surface area contributed by atoms with Gasteiger partial charge in [0.15, 0.2) is 0 Å². The minimum atomic E-state index is 0.254. The average Bonchev–Trinajstić information content (AvgIpc) is 2.93. The standard InChI is InChI=1S/C16H21ClN2S/c1-4-14-10-18-16(20-14)11(3)19-15(5-2)12-7-6-8-13(17)9-12/h6-11,15,19H,4-5H2,1-3H3. The van der Waals surface area contributed by atoms with Crippen molar-refractivity contribution in [1.29, 1.82) is 0 Å². The van der Waals surface area contributed by atoms with Crippen molar-refractivity contribution in [3.05, 3.63) is 50.9 Å². The molecule has 1 N–H and O–H groups in total. The quantitative estimate of drug-likeness (QED) is 0.797. The van der Waals surface area contributed by atoms with Crippen molar-refractivity contribution in [2.45, 2.75) is 45.7 Å². The van der Waals surface area contributed by atoms with E-state index < -0.39 is 0 Å². The molecule has 0 amide bonds. The second-order valence-corrected chi connectivity index (χ2v) is 6.51. The Bertz CT molecular complexity index is 553. The van der Waals surface area contributed by atoms with Crippen molar-refractivity contribution < 1.29 is 0 Å². The third-order valence-corrected chi connectivity index (χ3v) is 4.96. The van der Waals surface area contributed by atoms with Gasteiger partial charge in [0, 0.05) is 22.1 Å². The first kappa shape index (κ1) is 15.5. The number of aryl methyl sites for hydroxylation is 1. The fourth-order valence-electron chi connectivity index (χ4n) is 2.23. The van der Waals surface area contributed by atoms with Gasteiger partial charge in [-0.05, 0) is 37.5 Å². The molecule has 0 aliphatic heterocycles. The highest BCUT2D eigenvalue weighted by atomic mass is 35.5. The highest BCUT2D eigenvalue weighted by Crippen LogP contribution is 2.26. The molecule has 20 heavy (non-hydrogen) atoms. The molecule has 0 spiro atoms. The molecule has 2 aromatic rings. The van der Waals surface area contributed by atoms with Crippen LogP contribution in [0.4, 0.5) is 0 Å². The van der Waals surface area contributed by atoms with E-state index in [-0.39, 0.29) is 6.04 Å². The van der Waals surface area contributed by atoms with Gasteiger partial charge in [-0.2, -0.15) is 0 Å². The number of halogens is 1. The summed E-state index contributed by atoms with van der Waals surface area (Å²) in [5.74, 6) is 0. The summed E-state index contributed by atoms with van der Waals surface area (Å²) in [4.78, 5) is 5.85. The third-order valence-electron chi connectivity index (χ3n) is 3.40. The summed E-state index contributed by atoms with van der Waals surface area (Å²) in [6.45, 7) is 6.52. The van der Waals surface area contributed by atoms with Crippen LogP contribution in [-0.2, 0) is 6.42 Å². The highest BCUT2D eigenvalue weighted by Gasteiger charge is 2.16. The monoisotopic (exact) mass is 308 g/mol. The van der Waals surface area contributed by atoms with Crippen LogP contribution < -0.4 is 5.32 Å². The Balaban J connectivity index is 2.09. The Hall–Kier alpha value is -0.900. The normalized spacial score (nSPS) is 14.2. The molecule has 1 aromatic carbocycles. The summed E-state index contributed by atoms with van der Waals surface area (Å²) in [6, 6.07) is 8.64. The maximum Gasteiger partial charge on any atom is 0.109 e. The molecule has 2 unspecified atom stereocenters. The zero-order chi connectivity index (χ0) is 14.5. The molecule has 1 heterocycles. The van der Waals surface area contributed by atoms with Crippen LogP contribution >= 0.6 is 22.9 Å². The predicted octanol–water partition coefficient (Wildman–Crippen LogP) is 5.16. The molecule has 0 aliphatic rings. The molecule has 2 atom stereocenters. The van der Waals surface area contributed by atoms with E-state index in [2.05, 4.69) is 37.1 Å². The Labute approximate surface area is 130 Å². The zero-order valence-corrected chi connectivity index (χ0v) is 13.8. The highest BCUT2D eigenvalue weighted by molar-refractivity contribution is 7.11. The van der Waals surface area contributed by atoms with Gasteiger partial charge in [0.25, 0.3) is 0 Å². The predicted molar refractivity (Wildman–Crippen MR) is 87.5 cm³/mol. The van der Waals surface area contributed by atoms with Gasteiger partial charge in [-0.1, -0.05) is 37.6 Å². The largest absolute Gasteiger partial charge is 0.301 e. The summed E-state index contributed by atoms with van der Waals surface area (Å²) >= 11 is 7.88. The molecule has 0 saturated heterocycles. The molecule has 1 aromatic heterocycles. The van der Waals surface area contributed by atoms with E-state index in [9.17, 15) is 0 Å². The van der Waals surface area contributed by atoms with E-state index in [1.165, 1.54) is 10.4 Å². The van der Waals surface area contributed by atoms with Crippen LogP contribution in [0.1, 0.15) is 54.7 Å². The van der Waals surface area contributed by atoms with Crippen molar-refractivity contribution in [2.75, 3.05) is 0 Å². The van der Waals surface area contributed by atoms with Gasteiger partial charge < -0.3 is 5.32 Å². The first-order valence-corrected chi connectivity index (χ1v) is 8.29. The summed E-state index contributed by atoms with van der Waals surface area (Å²) in [5.41, 5.74) is 1.24. The summed E-state index contributed by atoms with van der Waals surface area (Å²) in [6.07, 6.45) is 4.06. The summed E-state index contributed by atoms with van der Waals surface area (Å²) in [5, 5.41) is 5.60. The minimum Gasteiger partial charge on any atom is -0.301 e. The molecule has 2 nitrogen and oxygen atoms in total. The Kier molecular flexibility index (Phi) is 5.58. The van der Waals surface area contributed by atoms with Gasteiger partial charge in [0.2, 0.25) is 0 Å². The van der Waals surface area contributed by atoms with Gasteiger partial charge in [-0.25, -0.2) is 4.98 Å². The second kappa shape index (κ2) is 7.21. The van der Waals surface area contributed by atoms with Crippen LogP contribution in [0.2, 0.25) is 5.02 Å². The fraction of sp³-hybridized carbons (Fsp3) is 0.438. The van der Waals surface area contributed by atoms with E-state index >= 15 is 0 Å². The molecule has 0 radical (unpaired) electrons. The van der Waals surface area contributed by atoms with E-state index in [1.54, 1.807) is 11.3 Å². The first-order chi connectivity index (χ1) is 9.63. The lowest BCUT2D eigenvalue weighted by Crippen LogP contribution is -2.24. The SMILES string of the molecule is CCc1cnc(C(C)NC(CC)c2cccc(Cl)c2)s1. The Morgan fingerprint density at radius 3 is 2.75 bits per heavy atom. The minimum absolute atomic E-state index is 0.254. The number of thiazole rings is 1. The Morgan fingerprint density at radius 1 is 1.35 bits per heavy atom. The number of hydrogen-bond donors (Lipinski definition) is 1. The first-order valence-electron chi connectivity index (χ1n) is 7.10. The van der Waals surface area contributed by atoms with Crippen LogP contribution in [0, 0.1) is 0 Å². The number of nitrogens with one attached hydrogen (secondary N) is 1. The average molecular weight is 309 g/mol. The van der Waals surface area contributed by atoms with Crippen LogP contribution in [0.5, 0.6) is 0 Å². The molecular weight excluding hydrogens is 288 g/mol. The van der Waals surface area contributed by atoms with Crippen LogP contribution in [0.3, 0.4) is 0 Å². The van der Waals surface area contributed by atoms with Gasteiger partial charge >= 0.3 is 0 Å². The zero-order valence-electron chi connectivity index (χ0n) is 12.2. The van der Waals surface area contributed by atoms with Gasteiger partial charge in [0.05, 0.1) is 6.04 Å². The third kappa shape index (κ3) is 3.81. The van der Waals surface area contributed by atoms with Crippen LogP contribution in [-0.4, -0.2) is 4.98 Å². The molecule has 0 bridgehead atoms. The second-order valence-electron chi connectivity index (χ2n) is 4.92. The molecule has 0 aliphatic carbocycles. The molecule has 2 rings (SSSR count). The number of benzene rings is 1. The molecular formula is C16H21ClN2S. The van der Waals surface area contributed by atoms with Crippen molar-refractivity contribution in [3.8, 4) is 0 Å². The fourth-order valence-corrected chi connectivity index (χ4v) is 3.30. The lowest BCUT2D eigenvalue weighted by molar-refractivity contribution is 0.455. The van der Waals surface area contributed by atoms with Gasteiger partial charge in [0.1, 0.15) is 5.01 Å². The van der Waals surface area contributed by atoms with Crippen LogP contribution in [0.15, 0.2) is 30.5 Å². The summed E-state index contributed by atoms with van der Waals surface area (Å²) in [7, 11) is 0. The van der Waals surface area contributed by atoms with Crippen molar-refractivity contribution >= 4 is 22.9 Å². The smallest absolute Gasteiger partial charge is 0.109 e. The van der Waals surface area contributed by atoms with E-state index in [0.717, 1.165) is 22.9 Å². The van der Waals surface area contributed by atoms with Crippen LogP contribution in [0.25, 0.3) is 0 Å². The van der Waals surface area contributed by atoms with Crippen molar-refractivity contribution in [1.82, 2.24) is 10.3 Å². The van der Waals surface area contributed by atoms with E-state index in [1.807, 2.05) is 24.4 Å². The maximum atomic E-state index is 6.08. The number of nitrogens with zero attached hydrogens (tertiary/aromatic N) is 1. The van der Waals surface area contributed by atoms with E-state index in [4.69, 9.17) is 11.6 Å². The summed E-state index contributed by atoms with van der Waals surface area (Å²) < 4.78 is 0. The molecule has 4 heteroatoms. The van der Waals surface area contributed by atoms with Gasteiger partial charge in [-0.3, -0.25) is 0 Å². The van der Waals surface area contributed by atoms with E-state index in [0.29, 0.717) is 6.04 Å².